The van der Waals surface area contributed by atoms with Crippen LogP contribution in [0.2, 0.25) is 0 Å². The fourth-order valence-corrected chi connectivity index (χ4v) is 1.85. The normalized spacial score (nSPS) is 13.3. The number of carbonyl (C=O) groups is 1. The molecule has 0 fully saturated rings. The molecule has 0 heterocycles. The molecule has 1 aromatic rings. The first-order chi connectivity index (χ1) is 10.4. The SMILES string of the molecule is CCC(C)Oc1cc(CC(=O)O)cc(OC)c1OC(C)CC. The number of hydrogen-bond acceptors (Lipinski definition) is 4. The predicted octanol–water partition coefficient (Wildman–Crippen LogP) is 3.68. The molecule has 2 atom stereocenters. The molecule has 2 unspecified atom stereocenters. The highest BCUT2D eigenvalue weighted by molar-refractivity contribution is 5.71. The van der Waals surface area contributed by atoms with E-state index in [1.807, 2.05) is 27.7 Å². The van der Waals surface area contributed by atoms with Gasteiger partial charge in [-0.25, -0.2) is 0 Å². The van der Waals surface area contributed by atoms with Crippen LogP contribution in [-0.2, 0) is 11.2 Å². The molecule has 0 aromatic heterocycles. The molecular formula is C17H26O5. The van der Waals surface area contributed by atoms with Crippen molar-refractivity contribution in [2.45, 2.75) is 59.2 Å². The maximum absolute atomic E-state index is 11.0. The summed E-state index contributed by atoms with van der Waals surface area (Å²) in [6.07, 6.45) is 1.62. The maximum Gasteiger partial charge on any atom is 0.307 e. The standard InChI is InChI=1S/C17H26O5/c1-6-11(3)21-15-9-13(10-16(18)19)8-14(20-5)17(15)22-12(4)7-2/h8-9,11-12H,6-7,10H2,1-5H3,(H,18,19). The van der Waals surface area contributed by atoms with E-state index in [1.165, 1.54) is 7.11 Å². The van der Waals surface area contributed by atoms with Crippen molar-refractivity contribution in [2.24, 2.45) is 0 Å². The van der Waals surface area contributed by atoms with Gasteiger partial charge < -0.3 is 19.3 Å². The Labute approximate surface area is 132 Å². The molecule has 5 nitrogen and oxygen atoms in total. The lowest BCUT2D eigenvalue weighted by Crippen LogP contribution is -2.15. The average molecular weight is 310 g/mol. The molecule has 1 rings (SSSR count). The second-order valence-corrected chi connectivity index (χ2v) is 5.37. The van der Waals surface area contributed by atoms with Crippen LogP contribution < -0.4 is 14.2 Å². The number of ether oxygens (including phenoxy) is 3. The van der Waals surface area contributed by atoms with E-state index in [9.17, 15) is 4.79 Å². The molecule has 0 aliphatic carbocycles. The van der Waals surface area contributed by atoms with E-state index in [-0.39, 0.29) is 18.6 Å². The van der Waals surface area contributed by atoms with Gasteiger partial charge in [0.15, 0.2) is 11.5 Å². The third-order valence-electron chi connectivity index (χ3n) is 3.45. The summed E-state index contributed by atoms with van der Waals surface area (Å²) < 4.78 is 17.2. The molecular weight excluding hydrogens is 284 g/mol. The predicted molar refractivity (Wildman–Crippen MR) is 85.1 cm³/mol. The molecule has 0 bridgehead atoms. The van der Waals surface area contributed by atoms with Gasteiger partial charge in [-0.15, -0.1) is 0 Å². The summed E-state index contributed by atoms with van der Waals surface area (Å²) in [6, 6.07) is 3.41. The van der Waals surface area contributed by atoms with E-state index in [0.29, 0.717) is 22.8 Å². The number of carboxylic acid groups (broad SMARTS) is 1. The van der Waals surface area contributed by atoms with Crippen LogP contribution in [0.3, 0.4) is 0 Å². The van der Waals surface area contributed by atoms with Crippen molar-refractivity contribution in [2.75, 3.05) is 7.11 Å². The topological polar surface area (TPSA) is 65.0 Å². The van der Waals surface area contributed by atoms with E-state index < -0.39 is 5.97 Å². The zero-order valence-corrected chi connectivity index (χ0v) is 14.0. The molecule has 0 amide bonds. The summed E-state index contributed by atoms with van der Waals surface area (Å²) >= 11 is 0. The quantitative estimate of drug-likeness (QED) is 0.754. The van der Waals surface area contributed by atoms with Crippen molar-refractivity contribution in [3.8, 4) is 17.2 Å². The van der Waals surface area contributed by atoms with Gasteiger partial charge in [0.25, 0.3) is 0 Å². The van der Waals surface area contributed by atoms with E-state index in [0.717, 1.165) is 12.8 Å². The van der Waals surface area contributed by atoms with Crippen molar-refractivity contribution in [3.63, 3.8) is 0 Å². The highest BCUT2D eigenvalue weighted by Gasteiger charge is 2.19. The van der Waals surface area contributed by atoms with Crippen LogP contribution in [0.1, 0.15) is 46.1 Å². The van der Waals surface area contributed by atoms with Crippen LogP contribution in [0.15, 0.2) is 12.1 Å². The zero-order chi connectivity index (χ0) is 16.7. The first-order valence-corrected chi connectivity index (χ1v) is 7.67. The smallest absolute Gasteiger partial charge is 0.307 e. The van der Waals surface area contributed by atoms with Crippen molar-refractivity contribution in [1.29, 1.82) is 0 Å². The minimum atomic E-state index is -0.896. The van der Waals surface area contributed by atoms with Crippen molar-refractivity contribution < 1.29 is 24.1 Å². The minimum Gasteiger partial charge on any atom is -0.493 e. The van der Waals surface area contributed by atoms with Gasteiger partial charge in [0, 0.05) is 0 Å². The van der Waals surface area contributed by atoms with E-state index in [2.05, 4.69) is 0 Å². The highest BCUT2D eigenvalue weighted by atomic mass is 16.5. The molecule has 22 heavy (non-hydrogen) atoms. The van der Waals surface area contributed by atoms with E-state index in [1.54, 1.807) is 12.1 Å². The third-order valence-corrected chi connectivity index (χ3v) is 3.45. The minimum absolute atomic E-state index is 0.00377. The van der Waals surface area contributed by atoms with Crippen LogP contribution in [0.5, 0.6) is 17.2 Å². The lowest BCUT2D eigenvalue weighted by Gasteiger charge is -2.22. The Morgan fingerprint density at radius 2 is 1.64 bits per heavy atom. The largest absolute Gasteiger partial charge is 0.493 e. The van der Waals surface area contributed by atoms with Gasteiger partial charge in [-0.1, -0.05) is 13.8 Å². The Morgan fingerprint density at radius 1 is 1.09 bits per heavy atom. The van der Waals surface area contributed by atoms with Crippen LogP contribution in [-0.4, -0.2) is 30.4 Å². The van der Waals surface area contributed by atoms with E-state index in [4.69, 9.17) is 19.3 Å². The molecule has 0 radical (unpaired) electrons. The first kappa shape index (κ1) is 18.1. The summed E-state index contributed by atoms with van der Waals surface area (Å²) in [4.78, 5) is 11.0. The van der Waals surface area contributed by atoms with Gasteiger partial charge in [-0.3, -0.25) is 4.79 Å². The summed E-state index contributed by atoms with van der Waals surface area (Å²) in [5.74, 6) is 0.668. The number of rotatable bonds is 9. The van der Waals surface area contributed by atoms with Crippen molar-refractivity contribution in [3.05, 3.63) is 17.7 Å². The Morgan fingerprint density at radius 3 is 2.14 bits per heavy atom. The second-order valence-electron chi connectivity index (χ2n) is 5.37. The molecule has 0 saturated heterocycles. The Balaban J connectivity index is 3.26. The highest BCUT2D eigenvalue weighted by Crippen LogP contribution is 2.40. The number of carboxylic acids is 1. The Hall–Kier alpha value is -1.91. The van der Waals surface area contributed by atoms with Crippen LogP contribution in [0.4, 0.5) is 0 Å². The van der Waals surface area contributed by atoms with Gasteiger partial charge >= 0.3 is 5.97 Å². The fourth-order valence-electron chi connectivity index (χ4n) is 1.85. The number of methoxy groups -OCH3 is 1. The number of aliphatic carboxylic acids is 1. The van der Waals surface area contributed by atoms with Gasteiger partial charge in [-0.05, 0) is 44.4 Å². The van der Waals surface area contributed by atoms with Crippen LogP contribution in [0.25, 0.3) is 0 Å². The van der Waals surface area contributed by atoms with Crippen molar-refractivity contribution in [1.82, 2.24) is 0 Å². The molecule has 124 valence electrons. The van der Waals surface area contributed by atoms with E-state index >= 15 is 0 Å². The molecule has 5 heteroatoms. The van der Waals surface area contributed by atoms with Crippen LogP contribution in [0, 0.1) is 0 Å². The average Bonchev–Trinajstić information content (AvgIpc) is 2.48. The van der Waals surface area contributed by atoms with Gasteiger partial charge in [-0.2, -0.15) is 0 Å². The monoisotopic (exact) mass is 310 g/mol. The number of hydrogen-bond donors (Lipinski definition) is 1. The molecule has 0 spiro atoms. The number of benzene rings is 1. The third kappa shape index (κ3) is 5.13. The maximum atomic E-state index is 11.0. The molecule has 0 aliphatic heterocycles. The van der Waals surface area contributed by atoms with Crippen molar-refractivity contribution >= 4 is 5.97 Å². The zero-order valence-electron chi connectivity index (χ0n) is 14.0. The Bertz CT molecular complexity index is 498. The van der Waals surface area contributed by atoms with Crippen LogP contribution >= 0.6 is 0 Å². The summed E-state index contributed by atoms with van der Waals surface area (Å²) in [5.41, 5.74) is 0.624. The lowest BCUT2D eigenvalue weighted by molar-refractivity contribution is -0.136. The first-order valence-electron chi connectivity index (χ1n) is 7.67. The Kier molecular flexibility index (Phi) is 7.02. The molecule has 0 aliphatic rings. The molecule has 1 aromatic carbocycles. The summed E-state index contributed by atoms with van der Waals surface area (Å²) in [7, 11) is 1.54. The second kappa shape index (κ2) is 8.51. The lowest BCUT2D eigenvalue weighted by atomic mass is 10.1. The molecule has 0 saturated carbocycles. The fraction of sp³-hybridized carbons (Fsp3) is 0.588. The summed E-state index contributed by atoms with van der Waals surface area (Å²) in [6.45, 7) is 7.99. The van der Waals surface area contributed by atoms with Gasteiger partial charge in [0.1, 0.15) is 0 Å². The molecule has 1 N–H and O–H groups in total. The van der Waals surface area contributed by atoms with Gasteiger partial charge in [0.2, 0.25) is 5.75 Å². The van der Waals surface area contributed by atoms with Gasteiger partial charge in [0.05, 0.1) is 25.7 Å². The summed E-state index contributed by atoms with van der Waals surface area (Å²) in [5, 5.41) is 8.99.